The maximum Gasteiger partial charge on any atom is 0.255 e. The van der Waals surface area contributed by atoms with E-state index in [-0.39, 0.29) is 5.91 Å². The van der Waals surface area contributed by atoms with Crippen LogP contribution in [0, 0.1) is 0 Å². The summed E-state index contributed by atoms with van der Waals surface area (Å²) in [5.41, 5.74) is 14.5. The van der Waals surface area contributed by atoms with Crippen molar-refractivity contribution in [2.45, 2.75) is 12.0 Å². The minimum absolute atomic E-state index is 0.254. The van der Waals surface area contributed by atoms with Gasteiger partial charge in [0.15, 0.2) is 0 Å². The topological polar surface area (TPSA) is 111 Å². The molecular formula is C21H20N4O2. The van der Waals surface area contributed by atoms with Crippen LogP contribution in [-0.2, 0) is 4.79 Å². The van der Waals surface area contributed by atoms with Crippen molar-refractivity contribution in [1.29, 1.82) is 0 Å². The van der Waals surface area contributed by atoms with Gasteiger partial charge in [-0.3, -0.25) is 14.6 Å². The largest absolute Gasteiger partial charge is 0.369 e. The Morgan fingerprint density at radius 3 is 2.07 bits per heavy atom. The molecule has 0 saturated heterocycles. The minimum atomic E-state index is -0.690. The first-order valence-corrected chi connectivity index (χ1v) is 8.47. The van der Waals surface area contributed by atoms with Crippen LogP contribution in [0.1, 0.15) is 33.4 Å². The third-order valence-corrected chi connectivity index (χ3v) is 4.32. The number of nitrogens with zero attached hydrogens (tertiary/aromatic N) is 1. The molecule has 27 heavy (non-hydrogen) atoms. The molecular weight excluding hydrogens is 340 g/mol. The molecule has 136 valence electrons. The predicted molar refractivity (Wildman–Crippen MR) is 104 cm³/mol. The van der Waals surface area contributed by atoms with Gasteiger partial charge in [-0.15, -0.1) is 0 Å². The van der Waals surface area contributed by atoms with Gasteiger partial charge in [-0.1, -0.05) is 42.5 Å². The van der Waals surface area contributed by atoms with E-state index in [0.717, 1.165) is 5.56 Å². The Morgan fingerprint density at radius 1 is 0.852 bits per heavy atom. The van der Waals surface area contributed by atoms with E-state index < -0.39 is 17.9 Å². The van der Waals surface area contributed by atoms with E-state index in [1.807, 2.05) is 30.3 Å². The fraction of sp³-hybridized carbons (Fsp3) is 0.0952. The second-order valence-electron chi connectivity index (χ2n) is 6.13. The number of carbonyl (C=O) groups excluding carboxylic acids is 2. The van der Waals surface area contributed by atoms with Crippen LogP contribution < -0.4 is 16.8 Å². The van der Waals surface area contributed by atoms with Crippen LogP contribution in [0.3, 0.4) is 0 Å². The summed E-state index contributed by atoms with van der Waals surface area (Å²) in [6.07, 6.45) is 3.20. The molecule has 0 radical (unpaired) electrons. The number of hydrogen-bond acceptors (Lipinski definition) is 4. The van der Waals surface area contributed by atoms with E-state index in [4.69, 9.17) is 11.5 Å². The molecule has 0 aliphatic carbocycles. The number of amides is 2. The van der Waals surface area contributed by atoms with Crippen molar-refractivity contribution in [3.8, 4) is 0 Å². The number of primary amides is 1. The molecule has 0 spiro atoms. The molecule has 6 heteroatoms. The van der Waals surface area contributed by atoms with Crippen LogP contribution in [-0.4, -0.2) is 16.8 Å². The smallest absolute Gasteiger partial charge is 0.255 e. The van der Waals surface area contributed by atoms with E-state index in [9.17, 15) is 9.59 Å². The standard InChI is InChI=1S/C21H20N4O2/c22-19(15-4-2-1-3-5-15)18(20(23)26)14-6-8-16(9-7-14)21(27)25-17-10-12-24-13-11-17/h1-13,18-19H,22H2,(H2,23,26)(H,24,25,27)/t18-,19?/m0/s1. The van der Waals surface area contributed by atoms with E-state index in [1.165, 1.54) is 0 Å². The number of carbonyl (C=O) groups is 2. The summed E-state index contributed by atoms with van der Waals surface area (Å²) in [7, 11) is 0. The van der Waals surface area contributed by atoms with Crippen molar-refractivity contribution in [1.82, 2.24) is 4.98 Å². The minimum Gasteiger partial charge on any atom is -0.369 e. The molecule has 5 N–H and O–H groups in total. The van der Waals surface area contributed by atoms with Gasteiger partial charge in [-0.2, -0.15) is 0 Å². The van der Waals surface area contributed by atoms with Gasteiger partial charge in [0.05, 0.1) is 5.92 Å². The van der Waals surface area contributed by atoms with Gasteiger partial charge >= 0.3 is 0 Å². The lowest BCUT2D eigenvalue weighted by Crippen LogP contribution is -2.31. The van der Waals surface area contributed by atoms with Crippen LogP contribution in [0.15, 0.2) is 79.1 Å². The number of nitrogens with two attached hydrogens (primary N) is 2. The van der Waals surface area contributed by atoms with Crippen LogP contribution in [0.2, 0.25) is 0 Å². The second-order valence-corrected chi connectivity index (χ2v) is 6.13. The van der Waals surface area contributed by atoms with Crippen molar-refractivity contribution in [2.75, 3.05) is 5.32 Å². The number of nitrogens with one attached hydrogen (secondary N) is 1. The van der Waals surface area contributed by atoms with Crippen LogP contribution in [0.5, 0.6) is 0 Å². The summed E-state index contributed by atoms with van der Waals surface area (Å²) in [5, 5.41) is 2.78. The molecule has 6 nitrogen and oxygen atoms in total. The molecule has 0 saturated carbocycles. The van der Waals surface area contributed by atoms with Gasteiger partial charge < -0.3 is 16.8 Å². The lowest BCUT2D eigenvalue weighted by atomic mass is 9.86. The maximum absolute atomic E-state index is 12.3. The number of hydrogen-bond donors (Lipinski definition) is 3. The molecule has 1 aromatic heterocycles. The lowest BCUT2D eigenvalue weighted by Gasteiger charge is -2.22. The van der Waals surface area contributed by atoms with E-state index in [2.05, 4.69) is 10.3 Å². The number of anilines is 1. The zero-order valence-corrected chi connectivity index (χ0v) is 14.6. The first-order valence-electron chi connectivity index (χ1n) is 8.47. The average Bonchev–Trinajstić information content (AvgIpc) is 2.70. The van der Waals surface area contributed by atoms with Gasteiger partial charge in [-0.05, 0) is 35.4 Å². The number of aromatic nitrogens is 1. The Morgan fingerprint density at radius 2 is 1.48 bits per heavy atom. The highest BCUT2D eigenvalue weighted by molar-refractivity contribution is 6.04. The SMILES string of the molecule is NC(=O)[C@@H](c1ccc(C(=O)Nc2ccncc2)cc1)C(N)c1ccccc1. The molecule has 0 fully saturated rings. The Hall–Kier alpha value is -3.51. The monoisotopic (exact) mass is 360 g/mol. The van der Waals surface area contributed by atoms with Gasteiger partial charge in [0, 0.05) is 29.7 Å². The number of benzene rings is 2. The van der Waals surface area contributed by atoms with Crippen molar-refractivity contribution in [3.63, 3.8) is 0 Å². The van der Waals surface area contributed by atoms with Gasteiger partial charge in [0.2, 0.25) is 5.91 Å². The quantitative estimate of drug-likeness (QED) is 0.627. The molecule has 0 aliphatic heterocycles. The molecule has 1 unspecified atom stereocenters. The summed E-state index contributed by atoms with van der Waals surface area (Å²) < 4.78 is 0. The molecule has 0 bridgehead atoms. The molecule has 2 atom stereocenters. The highest BCUT2D eigenvalue weighted by Crippen LogP contribution is 2.29. The Balaban J connectivity index is 1.80. The summed E-state index contributed by atoms with van der Waals surface area (Å²) in [6, 6.07) is 18.9. The molecule has 3 rings (SSSR count). The van der Waals surface area contributed by atoms with Crippen LogP contribution >= 0.6 is 0 Å². The fourth-order valence-electron chi connectivity index (χ4n) is 2.90. The van der Waals surface area contributed by atoms with Crippen LogP contribution in [0.25, 0.3) is 0 Å². The van der Waals surface area contributed by atoms with Gasteiger partial charge in [0.25, 0.3) is 5.91 Å². The Kier molecular flexibility index (Phi) is 5.58. The third kappa shape index (κ3) is 4.37. The fourth-order valence-corrected chi connectivity index (χ4v) is 2.90. The van der Waals surface area contributed by atoms with Crippen molar-refractivity contribution in [2.24, 2.45) is 11.5 Å². The molecule has 0 aliphatic rings. The normalized spacial score (nSPS) is 12.8. The second kappa shape index (κ2) is 8.25. The van der Waals surface area contributed by atoms with E-state index >= 15 is 0 Å². The van der Waals surface area contributed by atoms with Crippen molar-refractivity contribution in [3.05, 3.63) is 95.8 Å². The summed E-state index contributed by atoms with van der Waals surface area (Å²) >= 11 is 0. The van der Waals surface area contributed by atoms with E-state index in [1.54, 1.807) is 48.8 Å². The third-order valence-electron chi connectivity index (χ3n) is 4.32. The summed E-state index contributed by atoms with van der Waals surface area (Å²) in [5.74, 6) is -1.46. The zero-order chi connectivity index (χ0) is 19.2. The van der Waals surface area contributed by atoms with Crippen molar-refractivity contribution >= 4 is 17.5 Å². The molecule has 3 aromatic rings. The van der Waals surface area contributed by atoms with Crippen molar-refractivity contribution < 1.29 is 9.59 Å². The zero-order valence-electron chi connectivity index (χ0n) is 14.6. The summed E-state index contributed by atoms with van der Waals surface area (Å²) in [4.78, 5) is 28.3. The molecule has 2 aromatic carbocycles. The Bertz CT molecular complexity index is 912. The van der Waals surface area contributed by atoms with E-state index in [0.29, 0.717) is 16.8 Å². The summed E-state index contributed by atoms with van der Waals surface area (Å²) in [6.45, 7) is 0. The highest BCUT2D eigenvalue weighted by atomic mass is 16.2. The van der Waals surface area contributed by atoms with Gasteiger partial charge in [0.1, 0.15) is 0 Å². The Labute approximate surface area is 157 Å². The predicted octanol–water partition coefficient (Wildman–Crippen LogP) is 2.60. The van der Waals surface area contributed by atoms with Crippen LogP contribution in [0.4, 0.5) is 5.69 Å². The lowest BCUT2D eigenvalue weighted by molar-refractivity contribution is -0.119. The first kappa shape index (κ1) is 18.3. The highest BCUT2D eigenvalue weighted by Gasteiger charge is 2.26. The molecule has 1 heterocycles. The average molecular weight is 360 g/mol. The van der Waals surface area contributed by atoms with Gasteiger partial charge in [-0.25, -0.2) is 0 Å². The maximum atomic E-state index is 12.3. The number of rotatable bonds is 6. The molecule has 2 amide bonds. The number of pyridine rings is 1. The first-order chi connectivity index (χ1) is 13.1.